The molecular formula is C15H16N2O2. The largest absolute Gasteiger partial charge is 0.351 e. The average Bonchev–Trinajstić information content (AvgIpc) is 2.81. The molecule has 0 radical (unpaired) electrons. The molecule has 0 saturated carbocycles. The van der Waals surface area contributed by atoms with Crippen molar-refractivity contribution in [2.75, 3.05) is 13.1 Å². The first-order valence-corrected chi connectivity index (χ1v) is 6.52. The fraction of sp³-hybridized carbons (Fsp3) is 0.333. The molecule has 0 unspecified atom stereocenters. The van der Waals surface area contributed by atoms with Crippen molar-refractivity contribution in [1.29, 1.82) is 0 Å². The number of aromatic nitrogens is 1. The fourth-order valence-corrected chi connectivity index (χ4v) is 2.62. The Labute approximate surface area is 111 Å². The lowest BCUT2D eigenvalue weighted by Crippen LogP contribution is -2.38. The van der Waals surface area contributed by atoms with Crippen molar-refractivity contribution in [2.45, 2.75) is 12.8 Å². The van der Waals surface area contributed by atoms with Gasteiger partial charge < -0.3 is 9.47 Å². The Morgan fingerprint density at radius 3 is 2.63 bits per heavy atom. The molecule has 2 heterocycles. The molecule has 1 amide bonds. The molecule has 1 aliphatic rings. The van der Waals surface area contributed by atoms with Gasteiger partial charge in [-0.05, 0) is 18.2 Å². The van der Waals surface area contributed by atoms with E-state index in [1.54, 1.807) is 4.90 Å². The van der Waals surface area contributed by atoms with Crippen LogP contribution in [0.4, 0.5) is 0 Å². The summed E-state index contributed by atoms with van der Waals surface area (Å²) >= 11 is 0. The topological polar surface area (TPSA) is 42.3 Å². The van der Waals surface area contributed by atoms with Gasteiger partial charge >= 0.3 is 0 Å². The Morgan fingerprint density at radius 2 is 1.89 bits per heavy atom. The third-order valence-corrected chi connectivity index (χ3v) is 3.77. The molecule has 4 heteroatoms. The van der Waals surface area contributed by atoms with Gasteiger partial charge in [-0.2, -0.15) is 0 Å². The van der Waals surface area contributed by atoms with E-state index >= 15 is 0 Å². The van der Waals surface area contributed by atoms with Gasteiger partial charge in [0, 0.05) is 55.6 Å². The second-order valence-electron chi connectivity index (χ2n) is 5.00. The van der Waals surface area contributed by atoms with Crippen molar-refractivity contribution in [3.8, 4) is 0 Å². The molecular weight excluding hydrogens is 240 g/mol. The molecule has 1 aliphatic heterocycles. The number of Topliss-reactive ketones (excluding diaryl/α,β-unsaturated/α-hetero) is 1. The molecule has 1 aromatic carbocycles. The first-order chi connectivity index (χ1) is 9.16. The van der Waals surface area contributed by atoms with Crippen LogP contribution in [-0.2, 0) is 11.8 Å². The number of nitrogens with zero attached hydrogens (tertiary/aromatic N) is 2. The van der Waals surface area contributed by atoms with Gasteiger partial charge in [0.25, 0.3) is 5.91 Å². The van der Waals surface area contributed by atoms with Crippen LogP contribution in [-0.4, -0.2) is 34.2 Å². The smallest absolute Gasteiger partial charge is 0.254 e. The van der Waals surface area contributed by atoms with E-state index in [1.165, 1.54) is 0 Å². The third-order valence-electron chi connectivity index (χ3n) is 3.77. The highest BCUT2D eigenvalue weighted by atomic mass is 16.2. The van der Waals surface area contributed by atoms with Gasteiger partial charge in [0.05, 0.1) is 0 Å². The lowest BCUT2D eigenvalue weighted by atomic mass is 10.1. The van der Waals surface area contributed by atoms with Gasteiger partial charge in [-0.3, -0.25) is 9.59 Å². The van der Waals surface area contributed by atoms with Gasteiger partial charge in [0.1, 0.15) is 5.78 Å². The molecule has 2 aromatic rings. The first-order valence-electron chi connectivity index (χ1n) is 6.52. The van der Waals surface area contributed by atoms with Crippen LogP contribution in [0, 0.1) is 0 Å². The second kappa shape index (κ2) is 4.53. The number of likely N-dealkylation sites (tertiary alicyclic amines) is 1. The van der Waals surface area contributed by atoms with Crippen LogP contribution in [0.2, 0.25) is 0 Å². The van der Waals surface area contributed by atoms with Gasteiger partial charge in [-0.1, -0.05) is 6.07 Å². The monoisotopic (exact) mass is 256 g/mol. The van der Waals surface area contributed by atoms with E-state index in [1.807, 2.05) is 42.1 Å². The summed E-state index contributed by atoms with van der Waals surface area (Å²) in [5, 5.41) is 0.979. The zero-order valence-corrected chi connectivity index (χ0v) is 10.9. The Kier molecular flexibility index (Phi) is 2.85. The van der Waals surface area contributed by atoms with Crippen LogP contribution >= 0.6 is 0 Å². The zero-order chi connectivity index (χ0) is 13.4. The Hall–Kier alpha value is -2.10. The molecule has 98 valence electrons. The quantitative estimate of drug-likeness (QED) is 0.783. The number of hydrogen-bond acceptors (Lipinski definition) is 2. The maximum Gasteiger partial charge on any atom is 0.254 e. The highest BCUT2D eigenvalue weighted by Crippen LogP contribution is 2.22. The number of carbonyl (C=O) groups is 2. The summed E-state index contributed by atoms with van der Waals surface area (Å²) in [5.41, 5.74) is 1.78. The maximum atomic E-state index is 12.5. The molecule has 0 spiro atoms. The molecule has 0 atom stereocenters. The minimum atomic E-state index is 0.0318. The van der Waals surface area contributed by atoms with Crippen LogP contribution < -0.4 is 0 Å². The van der Waals surface area contributed by atoms with Crippen LogP contribution in [0.15, 0.2) is 30.5 Å². The van der Waals surface area contributed by atoms with Crippen molar-refractivity contribution in [1.82, 2.24) is 9.47 Å². The van der Waals surface area contributed by atoms with E-state index < -0.39 is 0 Å². The summed E-state index contributed by atoms with van der Waals surface area (Å²) < 4.78 is 2.01. The highest BCUT2D eigenvalue weighted by Gasteiger charge is 2.23. The van der Waals surface area contributed by atoms with Crippen molar-refractivity contribution >= 4 is 22.6 Å². The standard InChI is InChI=1S/C15H16N2O2/c1-16-8-7-12-13(3-2-4-14(12)16)15(19)17-9-5-11(18)6-10-17/h2-4,7-8H,5-6,9-10H2,1H3. The molecule has 1 aromatic heterocycles. The molecule has 3 rings (SSSR count). The number of carbonyl (C=O) groups excluding carboxylic acids is 2. The number of rotatable bonds is 1. The zero-order valence-electron chi connectivity index (χ0n) is 10.9. The highest BCUT2D eigenvalue weighted by molar-refractivity contribution is 6.06. The van der Waals surface area contributed by atoms with Crippen molar-refractivity contribution in [3.63, 3.8) is 0 Å². The molecule has 0 aliphatic carbocycles. The van der Waals surface area contributed by atoms with E-state index in [0.717, 1.165) is 16.5 Å². The van der Waals surface area contributed by atoms with E-state index in [4.69, 9.17) is 0 Å². The van der Waals surface area contributed by atoms with Gasteiger partial charge in [-0.25, -0.2) is 0 Å². The van der Waals surface area contributed by atoms with Gasteiger partial charge in [0.2, 0.25) is 0 Å². The van der Waals surface area contributed by atoms with E-state index in [0.29, 0.717) is 25.9 Å². The maximum absolute atomic E-state index is 12.5. The SMILES string of the molecule is Cn1ccc2c(C(=O)N3CCC(=O)CC3)cccc21. The Balaban J connectivity index is 1.95. The van der Waals surface area contributed by atoms with Crippen LogP contribution in [0.1, 0.15) is 23.2 Å². The van der Waals surface area contributed by atoms with E-state index in [9.17, 15) is 9.59 Å². The summed E-state index contributed by atoms with van der Waals surface area (Å²) in [7, 11) is 1.97. The number of ketones is 1. The number of amides is 1. The van der Waals surface area contributed by atoms with Crippen molar-refractivity contribution < 1.29 is 9.59 Å². The second-order valence-corrected chi connectivity index (χ2v) is 5.00. The summed E-state index contributed by atoms with van der Waals surface area (Å²) in [6, 6.07) is 7.75. The van der Waals surface area contributed by atoms with Crippen LogP contribution in [0.25, 0.3) is 10.9 Å². The van der Waals surface area contributed by atoms with Crippen LogP contribution in [0.5, 0.6) is 0 Å². The normalized spacial score (nSPS) is 16.1. The summed E-state index contributed by atoms with van der Waals surface area (Å²) in [4.78, 5) is 25.6. The Morgan fingerprint density at radius 1 is 1.16 bits per heavy atom. The third kappa shape index (κ3) is 2.03. The van der Waals surface area contributed by atoms with Crippen LogP contribution in [0.3, 0.4) is 0 Å². The van der Waals surface area contributed by atoms with E-state index in [2.05, 4.69) is 0 Å². The Bertz CT molecular complexity index is 647. The van der Waals surface area contributed by atoms with Crippen molar-refractivity contribution in [3.05, 3.63) is 36.0 Å². The molecule has 4 nitrogen and oxygen atoms in total. The van der Waals surface area contributed by atoms with Gasteiger partial charge in [0.15, 0.2) is 0 Å². The summed E-state index contributed by atoms with van der Waals surface area (Å²) in [6.45, 7) is 1.09. The minimum absolute atomic E-state index is 0.0318. The number of hydrogen-bond donors (Lipinski definition) is 0. The first kappa shape index (κ1) is 12.0. The average molecular weight is 256 g/mol. The molecule has 1 saturated heterocycles. The van der Waals surface area contributed by atoms with Gasteiger partial charge in [-0.15, -0.1) is 0 Å². The number of fused-ring (bicyclic) bond motifs is 1. The number of benzene rings is 1. The number of aryl methyl sites for hydroxylation is 1. The minimum Gasteiger partial charge on any atom is -0.351 e. The predicted octanol–water partition coefficient (Wildman–Crippen LogP) is 1.98. The molecule has 0 N–H and O–H groups in total. The molecule has 19 heavy (non-hydrogen) atoms. The lowest BCUT2D eigenvalue weighted by Gasteiger charge is -2.26. The molecule has 1 fully saturated rings. The fourth-order valence-electron chi connectivity index (χ4n) is 2.62. The lowest BCUT2D eigenvalue weighted by molar-refractivity contribution is -0.120. The van der Waals surface area contributed by atoms with E-state index in [-0.39, 0.29) is 11.7 Å². The van der Waals surface area contributed by atoms with Crippen molar-refractivity contribution in [2.24, 2.45) is 7.05 Å². The summed E-state index contributed by atoms with van der Waals surface area (Å²) in [6.07, 6.45) is 2.92. The molecule has 0 bridgehead atoms. The number of piperidine rings is 1. The summed E-state index contributed by atoms with van der Waals surface area (Å²) in [5.74, 6) is 0.284. The predicted molar refractivity (Wildman–Crippen MR) is 73.1 cm³/mol.